The lowest BCUT2D eigenvalue weighted by molar-refractivity contribution is -0.142. The molecule has 1 aromatic carbocycles. The number of aliphatic hydroxyl groups excluding tert-OH is 1. The van der Waals surface area contributed by atoms with Crippen LogP contribution in [0.15, 0.2) is 30.3 Å². The number of benzene rings is 1. The minimum atomic E-state index is -1.26. The molecule has 0 radical (unpaired) electrons. The van der Waals surface area contributed by atoms with Crippen molar-refractivity contribution < 1.29 is 29.3 Å². The number of carbonyl (C=O) groups excluding carboxylic acids is 2. The lowest BCUT2D eigenvalue weighted by atomic mass is 10.0. The minimum absolute atomic E-state index is 0.0439. The van der Waals surface area contributed by atoms with E-state index < -0.39 is 42.5 Å². The zero-order chi connectivity index (χ0) is 20.2. The highest BCUT2D eigenvalue weighted by atomic mass is 16.5. The number of nitrogens with one attached hydrogen (secondary N) is 2. The van der Waals surface area contributed by atoms with Crippen LogP contribution in [0.1, 0.15) is 25.3 Å². The van der Waals surface area contributed by atoms with Crippen LogP contribution in [0.5, 0.6) is 0 Å². The van der Waals surface area contributed by atoms with E-state index in [9.17, 15) is 19.5 Å². The first-order valence-corrected chi connectivity index (χ1v) is 8.36. The second kappa shape index (κ2) is 11.5. The molecule has 146 valence electrons. The molecule has 0 spiro atoms. The second-order valence-electron chi connectivity index (χ2n) is 6.02. The van der Waals surface area contributed by atoms with Gasteiger partial charge < -0.3 is 25.6 Å². The van der Waals surface area contributed by atoms with E-state index in [1.807, 2.05) is 12.1 Å². The molecule has 0 aliphatic carbocycles. The van der Waals surface area contributed by atoms with Crippen molar-refractivity contribution in [3.8, 4) is 6.07 Å². The Morgan fingerprint density at radius 2 is 1.93 bits per heavy atom. The van der Waals surface area contributed by atoms with E-state index in [0.717, 1.165) is 5.56 Å². The molecule has 1 rings (SSSR count). The van der Waals surface area contributed by atoms with E-state index in [-0.39, 0.29) is 19.6 Å². The number of carbonyl (C=O) groups is 3. The van der Waals surface area contributed by atoms with Gasteiger partial charge in [-0.3, -0.25) is 4.79 Å². The number of aliphatic hydroxyl groups is 1. The maximum Gasteiger partial charge on any atom is 0.407 e. The molecular formula is C18H23N3O6. The maximum atomic E-state index is 11.8. The summed E-state index contributed by atoms with van der Waals surface area (Å²) in [5.41, 5.74) is 0.805. The van der Waals surface area contributed by atoms with Crippen molar-refractivity contribution >= 4 is 18.0 Å². The molecule has 3 atom stereocenters. The van der Waals surface area contributed by atoms with Gasteiger partial charge in [-0.2, -0.15) is 5.26 Å². The summed E-state index contributed by atoms with van der Waals surface area (Å²) in [5, 5.41) is 32.2. The van der Waals surface area contributed by atoms with Crippen LogP contribution < -0.4 is 10.6 Å². The third-order valence-corrected chi connectivity index (χ3v) is 3.56. The molecule has 27 heavy (non-hydrogen) atoms. The van der Waals surface area contributed by atoms with Crippen LogP contribution in [0, 0.1) is 17.2 Å². The van der Waals surface area contributed by atoms with Crippen LogP contribution in [0.2, 0.25) is 0 Å². The maximum absolute atomic E-state index is 11.8. The molecule has 1 aromatic rings. The van der Waals surface area contributed by atoms with Crippen LogP contribution in [0.4, 0.5) is 4.79 Å². The monoisotopic (exact) mass is 377 g/mol. The quantitative estimate of drug-likeness (QED) is 0.471. The van der Waals surface area contributed by atoms with E-state index in [4.69, 9.17) is 15.1 Å². The first kappa shape index (κ1) is 21.9. The summed E-state index contributed by atoms with van der Waals surface area (Å²) >= 11 is 0. The van der Waals surface area contributed by atoms with Crippen molar-refractivity contribution in [3.63, 3.8) is 0 Å². The Bertz CT molecular complexity index is 673. The Morgan fingerprint density at radius 3 is 2.52 bits per heavy atom. The minimum Gasteiger partial charge on any atom is -0.480 e. The normalized spacial score (nSPS) is 13.5. The topological polar surface area (TPSA) is 149 Å². The van der Waals surface area contributed by atoms with Crippen LogP contribution in [0.3, 0.4) is 0 Å². The van der Waals surface area contributed by atoms with Gasteiger partial charge in [0.05, 0.1) is 18.6 Å². The van der Waals surface area contributed by atoms with Gasteiger partial charge in [-0.1, -0.05) is 30.3 Å². The number of alkyl carbamates (subject to hydrolysis) is 1. The van der Waals surface area contributed by atoms with Crippen molar-refractivity contribution in [2.45, 2.75) is 38.5 Å². The Morgan fingerprint density at radius 1 is 1.26 bits per heavy atom. The summed E-state index contributed by atoms with van der Waals surface area (Å²) in [4.78, 5) is 34.5. The average molecular weight is 377 g/mol. The van der Waals surface area contributed by atoms with E-state index in [0.29, 0.717) is 0 Å². The third kappa shape index (κ3) is 9.23. The van der Waals surface area contributed by atoms with Crippen molar-refractivity contribution in [1.29, 1.82) is 5.26 Å². The van der Waals surface area contributed by atoms with Crippen LogP contribution in [-0.4, -0.2) is 46.9 Å². The van der Waals surface area contributed by atoms with Crippen molar-refractivity contribution in [2.24, 2.45) is 5.92 Å². The number of carboxylic acids is 1. The summed E-state index contributed by atoms with van der Waals surface area (Å²) in [6.45, 7) is 1.38. The molecule has 0 saturated heterocycles. The molecule has 0 aromatic heterocycles. The number of aliphatic carboxylic acids is 1. The fourth-order valence-corrected chi connectivity index (χ4v) is 2.14. The zero-order valence-corrected chi connectivity index (χ0v) is 14.9. The molecule has 0 aliphatic heterocycles. The van der Waals surface area contributed by atoms with Gasteiger partial charge in [0.15, 0.2) is 0 Å². The van der Waals surface area contributed by atoms with Gasteiger partial charge in [0, 0.05) is 12.5 Å². The average Bonchev–Trinajstić information content (AvgIpc) is 2.64. The molecule has 9 heteroatoms. The van der Waals surface area contributed by atoms with Gasteiger partial charge in [0.1, 0.15) is 12.6 Å². The van der Waals surface area contributed by atoms with Gasteiger partial charge >= 0.3 is 12.1 Å². The fraction of sp³-hybridized carbons (Fsp3) is 0.444. The van der Waals surface area contributed by atoms with Gasteiger partial charge in [-0.05, 0) is 18.9 Å². The van der Waals surface area contributed by atoms with Gasteiger partial charge in [-0.25, -0.2) is 9.59 Å². The number of nitriles is 1. The standard InChI is InChI=1S/C18H23N3O6/c1-12(9-19)7-15(17(24)25)21-16(23)8-14(22)10-20-18(26)27-11-13-5-3-2-4-6-13/h2-6,12,14-15,22H,7-8,10-11H2,1H3,(H,20,26)(H,21,23)(H,24,25)/t12-,14-,15+/m1/s1. The first-order valence-electron chi connectivity index (χ1n) is 8.36. The molecule has 0 fully saturated rings. The van der Waals surface area contributed by atoms with Gasteiger partial charge in [0.2, 0.25) is 5.91 Å². The summed E-state index contributed by atoms with van der Waals surface area (Å²) in [7, 11) is 0. The molecule has 4 N–H and O–H groups in total. The molecule has 0 aliphatic rings. The van der Waals surface area contributed by atoms with E-state index in [1.165, 1.54) is 0 Å². The first-order chi connectivity index (χ1) is 12.8. The molecule has 0 saturated carbocycles. The Kier molecular flexibility index (Phi) is 9.33. The zero-order valence-electron chi connectivity index (χ0n) is 14.9. The van der Waals surface area contributed by atoms with Crippen molar-refractivity contribution in [3.05, 3.63) is 35.9 Å². The number of nitrogens with zero attached hydrogens (tertiary/aromatic N) is 1. The Labute approximate surface area is 156 Å². The number of rotatable bonds is 10. The van der Waals surface area contributed by atoms with Crippen molar-refractivity contribution in [2.75, 3.05) is 6.54 Å². The largest absolute Gasteiger partial charge is 0.480 e. The third-order valence-electron chi connectivity index (χ3n) is 3.56. The molecule has 9 nitrogen and oxygen atoms in total. The fourth-order valence-electron chi connectivity index (χ4n) is 2.14. The number of amides is 2. The molecule has 0 heterocycles. The van der Waals surface area contributed by atoms with Crippen molar-refractivity contribution in [1.82, 2.24) is 10.6 Å². The summed E-state index contributed by atoms with van der Waals surface area (Å²) in [6, 6.07) is 9.70. The predicted molar refractivity (Wildman–Crippen MR) is 94.2 cm³/mol. The number of hydrogen-bond donors (Lipinski definition) is 4. The lowest BCUT2D eigenvalue weighted by Gasteiger charge is -2.17. The summed E-state index contributed by atoms with van der Waals surface area (Å²) in [5.74, 6) is -2.50. The highest BCUT2D eigenvalue weighted by Crippen LogP contribution is 2.06. The van der Waals surface area contributed by atoms with Crippen LogP contribution in [0.25, 0.3) is 0 Å². The Balaban J connectivity index is 2.32. The van der Waals surface area contributed by atoms with E-state index in [1.54, 1.807) is 31.2 Å². The molecule has 0 bridgehead atoms. The second-order valence-corrected chi connectivity index (χ2v) is 6.02. The summed E-state index contributed by atoms with van der Waals surface area (Å²) < 4.78 is 4.97. The number of hydrogen-bond acceptors (Lipinski definition) is 6. The smallest absolute Gasteiger partial charge is 0.407 e. The SMILES string of the molecule is C[C@@H](C#N)C[C@H](NC(=O)C[C@@H](O)CNC(=O)OCc1ccccc1)C(=O)O. The number of ether oxygens (including phenoxy) is 1. The number of carboxylic acid groups (broad SMARTS) is 1. The van der Waals surface area contributed by atoms with Gasteiger partial charge in [0.25, 0.3) is 0 Å². The highest BCUT2D eigenvalue weighted by molar-refractivity contribution is 5.83. The van der Waals surface area contributed by atoms with Crippen LogP contribution in [-0.2, 0) is 20.9 Å². The molecule has 2 amide bonds. The van der Waals surface area contributed by atoms with E-state index in [2.05, 4.69) is 10.6 Å². The highest BCUT2D eigenvalue weighted by Gasteiger charge is 2.23. The molecular weight excluding hydrogens is 354 g/mol. The predicted octanol–water partition coefficient (Wildman–Crippen LogP) is 0.783. The summed E-state index contributed by atoms with van der Waals surface area (Å²) in [6.07, 6.45) is -2.40. The van der Waals surface area contributed by atoms with E-state index >= 15 is 0 Å². The van der Waals surface area contributed by atoms with Gasteiger partial charge in [-0.15, -0.1) is 0 Å². The Hall–Kier alpha value is -3.12. The van der Waals surface area contributed by atoms with Crippen LogP contribution >= 0.6 is 0 Å². The molecule has 0 unspecified atom stereocenters. The lowest BCUT2D eigenvalue weighted by Crippen LogP contribution is -2.44.